The summed E-state index contributed by atoms with van der Waals surface area (Å²) in [6.07, 6.45) is 1.08. The standard InChI is InChI=1S/C12H18N2O4S2/c1-7-12(19-9(3)13-7)20(17,18)14-6-4-5-10(8(14)2)11(15)16/h8,10H,4-6H2,1-3H3,(H,15,16)/t8-,10-/m1/s1. The van der Waals surface area contributed by atoms with Crippen molar-refractivity contribution in [3.05, 3.63) is 10.7 Å². The van der Waals surface area contributed by atoms with Gasteiger partial charge in [-0.25, -0.2) is 13.4 Å². The SMILES string of the molecule is Cc1nc(C)c(S(=O)(=O)N2CCC[C@@H](C(=O)O)[C@H]2C)s1. The van der Waals surface area contributed by atoms with Crippen molar-refractivity contribution in [1.82, 2.24) is 9.29 Å². The van der Waals surface area contributed by atoms with Crippen LogP contribution in [0.4, 0.5) is 0 Å². The lowest BCUT2D eigenvalue weighted by Gasteiger charge is -2.36. The second-order valence-corrected chi connectivity index (χ2v) is 8.34. The molecule has 6 nitrogen and oxygen atoms in total. The lowest BCUT2D eigenvalue weighted by molar-refractivity contribution is -0.144. The van der Waals surface area contributed by atoms with Crippen LogP contribution in [0.1, 0.15) is 30.5 Å². The van der Waals surface area contributed by atoms with E-state index in [0.717, 1.165) is 11.3 Å². The summed E-state index contributed by atoms with van der Waals surface area (Å²) in [5.74, 6) is -1.58. The number of carboxylic acid groups (broad SMARTS) is 1. The van der Waals surface area contributed by atoms with Gasteiger partial charge in [-0.3, -0.25) is 4.79 Å². The highest BCUT2D eigenvalue weighted by Crippen LogP contribution is 2.32. The number of carboxylic acids is 1. The van der Waals surface area contributed by atoms with E-state index in [-0.39, 0.29) is 4.21 Å². The van der Waals surface area contributed by atoms with Gasteiger partial charge in [-0.1, -0.05) is 0 Å². The predicted octanol–water partition coefficient (Wildman–Crippen LogP) is 1.63. The lowest BCUT2D eigenvalue weighted by atomic mass is 9.92. The molecule has 1 fully saturated rings. The molecule has 8 heteroatoms. The Labute approximate surface area is 122 Å². The fraction of sp³-hybridized carbons (Fsp3) is 0.667. The number of piperidine rings is 1. The molecule has 1 saturated heterocycles. The Hall–Kier alpha value is -0.990. The number of hydrogen-bond acceptors (Lipinski definition) is 5. The van der Waals surface area contributed by atoms with Crippen LogP contribution in [-0.2, 0) is 14.8 Å². The molecule has 1 N–H and O–H groups in total. The first kappa shape index (κ1) is 15.4. The monoisotopic (exact) mass is 318 g/mol. The van der Waals surface area contributed by atoms with E-state index in [1.807, 2.05) is 0 Å². The highest BCUT2D eigenvalue weighted by molar-refractivity contribution is 7.91. The number of thiazole rings is 1. The van der Waals surface area contributed by atoms with E-state index >= 15 is 0 Å². The van der Waals surface area contributed by atoms with E-state index in [2.05, 4.69) is 4.98 Å². The largest absolute Gasteiger partial charge is 0.481 e. The van der Waals surface area contributed by atoms with E-state index in [1.165, 1.54) is 4.31 Å². The number of sulfonamides is 1. The molecular formula is C12H18N2O4S2. The molecule has 2 atom stereocenters. The van der Waals surface area contributed by atoms with Gasteiger partial charge >= 0.3 is 5.97 Å². The van der Waals surface area contributed by atoms with Gasteiger partial charge in [0.15, 0.2) is 4.21 Å². The molecule has 0 aliphatic carbocycles. The maximum atomic E-state index is 12.7. The maximum Gasteiger partial charge on any atom is 0.308 e. The Morgan fingerprint density at radius 2 is 2.10 bits per heavy atom. The summed E-state index contributed by atoms with van der Waals surface area (Å²) >= 11 is 1.14. The van der Waals surface area contributed by atoms with Crippen LogP contribution >= 0.6 is 11.3 Å². The zero-order chi connectivity index (χ0) is 15.1. The molecule has 1 aliphatic heterocycles. The smallest absolute Gasteiger partial charge is 0.308 e. The lowest BCUT2D eigenvalue weighted by Crippen LogP contribution is -2.48. The van der Waals surface area contributed by atoms with Gasteiger partial charge in [0.05, 0.1) is 16.6 Å². The summed E-state index contributed by atoms with van der Waals surface area (Å²) in [4.78, 5) is 15.4. The van der Waals surface area contributed by atoms with Crippen LogP contribution in [0, 0.1) is 19.8 Å². The van der Waals surface area contributed by atoms with Crippen LogP contribution in [0.25, 0.3) is 0 Å². The third-order valence-corrected chi connectivity index (χ3v) is 7.30. The van der Waals surface area contributed by atoms with E-state index in [0.29, 0.717) is 30.1 Å². The number of aliphatic carboxylic acids is 1. The number of rotatable bonds is 3. The molecule has 1 aliphatic rings. The van der Waals surface area contributed by atoms with Crippen molar-refractivity contribution in [2.24, 2.45) is 5.92 Å². The minimum atomic E-state index is -3.66. The molecule has 0 amide bonds. The van der Waals surface area contributed by atoms with Crippen molar-refractivity contribution in [3.8, 4) is 0 Å². The minimum Gasteiger partial charge on any atom is -0.481 e. The van der Waals surface area contributed by atoms with Crippen molar-refractivity contribution in [1.29, 1.82) is 0 Å². The van der Waals surface area contributed by atoms with Crippen molar-refractivity contribution in [3.63, 3.8) is 0 Å². The number of nitrogens with zero attached hydrogens (tertiary/aromatic N) is 2. The van der Waals surface area contributed by atoms with Gasteiger partial charge in [0.1, 0.15) is 0 Å². The second-order valence-electron chi connectivity index (χ2n) is 5.05. The third-order valence-electron chi connectivity index (χ3n) is 3.65. The highest BCUT2D eigenvalue weighted by Gasteiger charge is 2.40. The molecule has 0 saturated carbocycles. The first-order valence-electron chi connectivity index (χ1n) is 6.44. The van der Waals surface area contributed by atoms with Crippen LogP contribution < -0.4 is 0 Å². The summed E-state index contributed by atoms with van der Waals surface area (Å²) in [7, 11) is -3.66. The minimum absolute atomic E-state index is 0.230. The summed E-state index contributed by atoms with van der Waals surface area (Å²) in [5.41, 5.74) is 0.483. The summed E-state index contributed by atoms with van der Waals surface area (Å²) in [6, 6.07) is -0.534. The number of aryl methyl sites for hydroxylation is 2. The van der Waals surface area contributed by atoms with Crippen LogP contribution in [-0.4, -0.2) is 41.4 Å². The van der Waals surface area contributed by atoms with Gasteiger partial charge < -0.3 is 5.11 Å². The number of aromatic nitrogens is 1. The molecule has 0 spiro atoms. The van der Waals surface area contributed by atoms with E-state index in [4.69, 9.17) is 0 Å². The summed E-state index contributed by atoms with van der Waals surface area (Å²) in [5, 5.41) is 9.89. The van der Waals surface area contributed by atoms with Gasteiger partial charge in [-0.05, 0) is 33.6 Å². The molecule has 0 radical (unpaired) electrons. The highest BCUT2D eigenvalue weighted by atomic mass is 32.2. The van der Waals surface area contributed by atoms with Crippen LogP contribution in [0.5, 0.6) is 0 Å². The van der Waals surface area contributed by atoms with Crippen molar-refractivity contribution in [2.45, 2.75) is 43.9 Å². The first-order valence-corrected chi connectivity index (χ1v) is 8.69. The molecule has 2 heterocycles. The maximum absolute atomic E-state index is 12.7. The number of hydrogen-bond donors (Lipinski definition) is 1. The zero-order valence-electron chi connectivity index (χ0n) is 11.7. The average molecular weight is 318 g/mol. The van der Waals surface area contributed by atoms with Crippen molar-refractivity contribution < 1.29 is 18.3 Å². The fourth-order valence-electron chi connectivity index (χ4n) is 2.64. The zero-order valence-corrected chi connectivity index (χ0v) is 13.3. The fourth-order valence-corrected chi connectivity index (χ4v) is 5.94. The molecule has 112 valence electrons. The van der Waals surface area contributed by atoms with E-state index in [9.17, 15) is 18.3 Å². The molecule has 0 unspecified atom stereocenters. The van der Waals surface area contributed by atoms with E-state index in [1.54, 1.807) is 20.8 Å². The molecule has 0 bridgehead atoms. The van der Waals surface area contributed by atoms with Crippen LogP contribution in [0.3, 0.4) is 0 Å². The van der Waals surface area contributed by atoms with Gasteiger partial charge in [0, 0.05) is 12.6 Å². The van der Waals surface area contributed by atoms with Gasteiger partial charge in [-0.15, -0.1) is 11.3 Å². The van der Waals surface area contributed by atoms with Gasteiger partial charge in [0.2, 0.25) is 0 Å². The van der Waals surface area contributed by atoms with Crippen molar-refractivity contribution in [2.75, 3.05) is 6.54 Å². The molecule has 0 aromatic carbocycles. The number of carbonyl (C=O) groups is 1. The Balaban J connectivity index is 2.39. The summed E-state index contributed by atoms with van der Waals surface area (Å²) in [6.45, 7) is 5.46. The summed E-state index contributed by atoms with van der Waals surface area (Å²) < 4.78 is 27.0. The van der Waals surface area contributed by atoms with Crippen LogP contribution in [0.15, 0.2) is 4.21 Å². The van der Waals surface area contributed by atoms with E-state index < -0.39 is 28.0 Å². The van der Waals surface area contributed by atoms with Gasteiger partial charge in [-0.2, -0.15) is 4.31 Å². The van der Waals surface area contributed by atoms with Crippen LogP contribution in [0.2, 0.25) is 0 Å². The quantitative estimate of drug-likeness (QED) is 0.915. The Morgan fingerprint density at radius 1 is 1.45 bits per heavy atom. The third kappa shape index (κ3) is 2.59. The molecule has 1 aromatic rings. The topological polar surface area (TPSA) is 87.6 Å². The molecule has 20 heavy (non-hydrogen) atoms. The Kier molecular flexibility index (Phi) is 4.17. The Morgan fingerprint density at radius 3 is 2.60 bits per heavy atom. The van der Waals surface area contributed by atoms with Gasteiger partial charge in [0.25, 0.3) is 10.0 Å². The normalized spacial score (nSPS) is 24.8. The predicted molar refractivity (Wildman–Crippen MR) is 75.3 cm³/mol. The molecule has 1 aromatic heterocycles. The second kappa shape index (κ2) is 5.42. The molecule has 2 rings (SSSR count). The van der Waals surface area contributed by atoms with Crippen molar-refractivity contribution >= 4 is 27.3 Å². The molecular weight excluding hydrogens is 300 g/mol. The first-order chi connectivity index (χ1) is 9.25. The Bertz CT molecular complexity index is 623. The average Bonchev–Trinajstić information content (AvgIpc) is 2.68.